The maximum Gasteiger partial charge on any atom is 0.177 e. The lowest BCUT2D eigenvalue weighted by Crippen LogP contribution is -2.47. The number of sulfone groups is 2. The van der Waals surface area contributed by atoms with Crippen LogP contribution in [0.25, 0.3) is 0 Å². The summed E-state index contributed by atoms with van der Waals surface area (Å²) in [7, 11) is -7.00. The van der Waals surface area contributed by atoms with Gasteiger partial charge in [0.2, 0.25) is 0 Å². The summed E-state index contributed by atoms with van der Waals surface area (Å²) in [6, 6.07) is 5.16. The molecule has 1 heterocycles. The van der Waals surface area contributed by atoms with Crippen molar-refractivity contribution in [1.82, 2.24) is 4.90 Å². The quantitative estimate of drug-likeness (QED) is 0.798. The zero-order valence-electron chi connectivity index (χ0n) is 16.1. The highest BCUT2D eigenvalue weighted by Gasteiger charge is 2.28. The molecule has 6 nitrogen and oxygen atoms in total. The van der Waals surface area contributed by atoms with Crippen LogP contribution in [-0.2, 0) is 19.7 Å². The molecule has 152 valence electrons. The highest BCUT2D eigenvalue weighted by molar-refractivity contribution is 7.91. The number of hydrogen-bond donors (Lipinski definition) is 1. The Bertz CT molecular complexity index is 875. The van der Waals surface area contributed by atoms with Crippen molar-refractivity contribution in [2.75, 3.05) is 30.9 Å². The fourth-order valence-corrected chi connectivity index (χ4v) is 5.87. The number of piperidine rings is 1. The molecule has 8 heteroatoms. The zero-order valence-corrected chi connectivity index (χ0v) is 17.8. The van der Waals surface area contributed by atoms with Crippen LogP contribution in [0.2, 0.25) is 0 Å². The molecule has 1 N–H and O–H groups in total. The first kappa shape index (κ1) is 20.6. The predicted molar refractivity (Wildman–Crippen MR) is 108 cm³/mol. The Labute approximate surface area is 163 Å². The van der Waals surface area contributed by atoms with Crippen LogP contribution in [-0.4, -0.2) is 59.4 Å². The molecule has 1 aliphatic heterocycles. The van der Waals surface area contributed by atoms with Gasteiger partial charge in [-0.1, -0.05) is 19.3 Å². The summed E-state index contributed by atoms with van der Waals surface area (Å²) in [6.45, 7) is 2.01. The van der Waals surface area contributed by atoms with E-state index in [2.05, 4.69) is 10.2 Å². The van der Waals surface area contributed by atoms with Gasteiger partial charge in [0, 0.05) is 31.1 Å². The number of nitrogens with zero attached hydrogens (tertiary/aromatic N) is 1. The van der Waals surface area contributed by atoms with E-state index < -0.39 is 19.7 Å². The van der Waals surface area contributed by atoms with Crippen molar-refractivity contribution in [3.05, 3.63) is 18.2 Å². The second-order valence-electron chi connectivity index (χ2n) is 7.97. The van der Waals surface area contributed by atoms with Crippen molar-refractivity contribution in [2.45, 2.75) is 66.8 Å². The first-order chi connectivity index (χ1) is 12.6. The maximum absolute atomic E-state index is 12.2. The van der Waals surface area contributed by atoms with Crippen LogP contribution in [0, 0.1) is 0 Å². The van der Waals surface area contributed by atoms with Gasteiger partial charge in [-0.15, -0.1) is 0 Å². The van der Waals surface area contributed by atoms with Gasteiger partial charge in [0.05, 0.1) is 15.5 Å². The molecule has 1 atom stereocenters. The van der Waals surface area contributed by atoms with E-state index >= 15 is 0 Å². The van der Waals surface area contributed by atoms with Gasteiger partial charge in [-0.3, -0.25) is 4.90 Å². The molecular weight excluding hydrogens is 384 g/mol. The molecule has 0 bridgehead atoms. The smallest absolute Gasteiger partial charge is 0.177 e. The van der Waals surface area contributed by atoms with Crippen LogP contribution in [0.1, 0.15) is 44.9 Å². The van der Waals surface area contributed by atoms with Gasteiger partial charge in [-0.25, -0.2) is 16.8 Å². The highest BCUT2D eigenvalue weighted by Crippen LogP contribution is 2.29. The first-order valence-electron chi connectivity index (χ1n) is 9.69. The van der Waals surface area contributed by atoms with Crippen LogP contribution in [0.4, 0.5) is 5.69 Å². The SMILES string of the molecule is CS(=O)(=O)c1ccc(NC2CCCN(C3CCCCC3)C2)c(S(C)(=O)=O)c1. The summed E-state index contributed by atoms with van der Waals surface area (Å²) in [5, 5.41) is 3.39. The molecule has 3 rings (SSSR count). The van der Waals surface area contributed by atoms with Crippen LogP contribution in [0.3, 0.4) is 0 Å². The molecule has 0 radical (unpaired) electrons. The van der Waals surface area contributed by atoms with Gasteiger partial charge in [0.15, 0.2) is 19.7 Å². The predicted octanol–water partition coefficient (Wildman–Crippen LogP) is 2.70. The summed E-state index contributed by atoms with van der Waals surface area (Å²) in [5.74, 6) is 0. The van der Waals surface area contributed by atoms with E-state index in [1.807, 2.05) is 0 Å². The fourth-order valence-electron chi connectivity index (χ4n) is 4.28. The average Bonchev–Trinajstić information content (AvgIpc) is 2.61. The van der Waals surface area contributed by atoms with Crippen LogP contribution >= 0.6 is 0 Å². The molecule has 2 fully saturated rings. The minimum absolute atomic E-state index is 0.0287. The van der Waals surface area contributed by atoms with E-state index in [1.54, 1.807) is 6.07 Å². The first-order valence-corrected chi connectivity index (χ1v) is 13.5. The summed E-state index contributed by atoms with van der Waals surface area (Å²) in [5.41, 5.74) is 0.500. The number of nitrogens with one attached hydrogen (secondary N) is 1. The molecule has 2 aliphatic rings. The van der Waals surface area contributed by atoms with Gasteiger partial charge in [-0.05, 0) is 50.4 Å². The van der Waals surface area contributed by atoms with E-state index in [0.717, 1.165) is 38.4 Å². The van der Waals surface area contributed by atoms with Gasteiger partial charge < -0.3 is 5.32 Å². The number of benzene rings is 1. The average molecular weight is 415 g/mol. The lowest BCUT2D eigenvalue weighted by molar-refractivity contribution is 0.124. The number of likely N-dealkylation sites (tertiary alicyclic amines) is 1. The zero-order chi connectivity index (χ0) is 19.7. The number of anilines is 1. The summed E-state index contributed by atoms with van der Waals surface area (Å²) in [4.78, 5) is 2.63. The lowest BCUT2D eigenvalue weighted by atomic mass is 9.92. The van der Waals surface area contributed by atoms with E-state index in [0.29, 0.717) is 11.7 Å². The van der Waals surface area contributed by atoms with Crippen molar-refractivity contribution < 1.29 is 16.8 Å². The topological polar surface area (TPSA) is 83.6 Å². The Morgan fingerprint density at radius 1 is 0.926 bits per heavy atom. The third-order valence-corrected chi connectivity index (χ3v) is 7.93. The Morgan fingerprint density at radius 2 is 1.63 bits per heavy atom. The van der Waals surface area contributed by atoms with Crippen molar-refractivity contribution in [3.63, 3.8) is 0 Å². The molecule has 0 spiro atoms. The Balaban J connectivity index is 1.80. The molecule has 1 aliphatic carbocycles. The Hall–Kier alpha value is -1.12. The lowest BCUT2D eigenvalue weighted by Gasteiger charge is -2.40. The third-order valence-electron chi connectivity index (χ3n) is 5.68. The van der Waals surface area contributed by atoms with Crippen LogP contribution in [0.15, 0.2) is 28.0 Å². The van der Waals surface area contributed by atoms with E-state index in [1.165, 1.54) is 44.2 Å². The molecule has 1 aromatic rings. The standard InChI is InChI=1S/C19H30N2O4S2/c1-26(22,23)17-10-11-18(19(13-17)27(2,24)25)20-15-7-6-12-21(14-15)16-8-4-3-5-9-16/h10-11,13,15-16,20H,3-9,12,14H2,1-2H3. The molecule has 1 aromatic carbocycles. The van der Waals surface area contributed by atoms with Gasteiger partial charge >= 0.3 is 0 Å². The van der Waals surface area contributed by atoms with Gasteiger partial charge in [0.25, 0.3) is 0 Å². The molecule has 1 saturated heterocycles. The van der Waals surface area contributed by atoms with Crippen molar-refractivity contribution >= 4 is 25.4 Å². The molecule has 1 unspecified atom stereocenters. The summed E-state index contributed by atoms with van der Waals surface area (Å²) < 4.78 is 48.1. The normalized spacial score (nSPS) is 23.3. The van der Waals surface area contributed by atoms with Gasteiger partial charge in [-0.2, -0.15) is 0 Å². The monoisotopic (exact) mass is 414 g/mol. The number of rotatable bonds is 5. The van der Waals surface area contributed by atoms with E-state index in [-0.39, 0.29) is 15.8 Å². The Kier molecular flexibility index (Phi) is 6.17. The van der Waals surface area contributed by atoms with Gasteiger partial charge in [0.1, 0.15) is 0 Å². The molecular formula is C19H30N2O4S2. The van der Waals surface area contributed by atoms with E-state index in [9.17, 15) is 16.8 Å². The fraction of sp³-hybridized carbons (Fsp3) is 0.684. The van der Waals surface area contributed by atoms with E-state index in [4.69, 9.17) is 0 Å². The largest absolute Gasteiger partial charge is 0.380 e. The summed E-state index contributed by atoms with van der Waals surface area (Å²) >= 11 is 0. The van der Waals surface area contributed by atoms with Crippen molar-refractivity contribution in [1.29, 1.82) is 0 Å². The third kappa shape index (κ3) is 5.23. The highest BCUT2D eigenvalue weighted by atomic mass is 32.2. The molecule has 27 heavy (non-hydrogen) atoms. The Morgan fingerprint density at radius 3 is 2.26 bits per heavy atom. The molecule has 0 amide bonds. The minimum atomic E-state index is -3.54. The van der Waals surface area contributed by atoms with Crippen LogP contribution < -0.4 is 5.32 Å². The van der Waals surface area contributed by atoms with Crippen LogP contribution in [0.5, 0.6) is 0 Å². The molecule has 0 aromatic heterocycles. The van der Waals surface area contributed by atoms with Crippen molar-refractivity contribution in [3.8, 4) is 0 Å². The minimum Gasteiger partial charge on any atom is -0.380 e. The molecule has 1 saturated carbocycles. The second-order valence-corrected chi connectivity index (χ2v) is 12.0. The van der Waals surface area contributed by atoms with Crippen molar-refractivity contribution in [2.24, 2.45) is 0 Å². The second kappa shape index (κ2) is 8.09. The number of hydrogen-bond acceptors (Lipinski definition) is 6. The summed E-state index contributed by atoms with van der Waals surface area (Å²) in [6.07, 6.45) is 10.7. The maximum atomic E-state index is 12.2.